The first kappa shape index (κ1) is 68.9. The molecule has 0 aromatic rings. The standard InChI is InChI=1S/C60H105O11P/c1-4-7-10-13-16-19-22-24-26-28-30-32-35-38-41-44-47-50-59(63)70-56(52-61)54-68-72(65,66)69-55-57(53-67-58(62)49-46-43-40-37-34-21-18-15-12-9-6-3)71-60(64)51-48-45-42-39-36-33-31-29-27-25-23-20-17-14-11-8-5-2/h8,11,16-17,19-20,24-27,31,33,56-57,61H,4-7,9-10,12-15,18,21-23,28-30,32,34-55H2,1-3H3,(H,65,66)/b11-8-,19-16-,20-17-,26-24-,27-25-,33-31-. The molecule has 0 heterocycles. The van der Waals surface area contributed by atoms with E-state index in [-0.39, 0.29) is 25.9 Å². The maximum atomic E-state index is 12.9. The van der Waals surface area contributed by atoms with E-state index in [1.807, 2.05) is 0 Å². The molecule has 0 radical (unpaired) electrons. The van der Waals surface area contributed by atoms with Gasteiger partial charge >= 0.3 is 25.7 Å². The number of carbonyl (C=O) groups is 3. The van der Waals surface area contributed by atoms with Gasteiger partial charge in [-0.2, -0.15) is 0 Å². The number of unbranched alkanes of at least 4 members (excludes halogenated alkanes) is 24. The van der Waals surface area contributed by atoms with Crippen molar-refractivity contribution in [3.8, 4) is 0 Å². The molecule has 3 unspecified atom stereocenters. The normalized spacial score (nSPS) is 13.9. The predicted molar refractivity (Wildman–Crippen MR) is 298 cm³/mol. The lowest BCUT2D eigenvalue weighted by Crippen LogP contribution is -2.30. The van der Waals surface area contributed by atoms with E-state index in [1.54, 1.807) is 0 Å². The first-order chi connectivity index (χ1) is 35.2. The Balaban J connectivity index is 4.71. The van der Waals surface area contributed by atoms with Crippen LogP contribution in [0.15, 0.2) is 72.9 Å². The molecule has 0 amide bonds. The lowest BCUT2D eigenvalue weighted by molar-refractivity contribution is -0.161. The van der Waals surface area contributed by atoms with Crippen LogP contribution in [0.3, 0.4) is 0 Å². The van der Waals surface area contributed by atoms with E-state index >= 15 is 0 Å². The molecule has 0 aliphatic carbocycles. The molecule has 0 aromatic carbocycles. The third kappa shape index (κ3) is 51.8. The second kappa shape index (κ2) is 54.2. The van der Waals surface area contributed by atoms with Crippen molar-refractivity contribution in [3.63, 3.8) is 0 Å². The first-order valence-electron chi connectivity index (χ1n) is 28.8. The Kier molecular flexibility index (Phi) is 51.9. The van der Waals surface area contributed by atoms with Gasteiger partial charge in [-0.3, -0.25) is 23.4 Å². The molecule has 416 valence electrons. The van der Waals surface area contributed by atoms with Crippen molar-refractivity contribution < 1.29 is 52.2 Å². The summed E-state index contributed by atoms with van der Waals surface area (Å²) in [6.45, 7) is 4.47. The lowest BCUT2D eigenvalue weighted by atomic mass is 10.1. The molecule has 2 N–H and O–H groups in total. The summed E-state index contributed by atoms with van der Waals surface area (Å²) in [7, 11) is -4.75. The highest BCUT2D eigenvalue weighted by Crippen LogP contribution is 2.43. The summed E-state index contributed by atoms with van der Waals surface area (Å²) in [4.78, 5) is 48.5. The summed E-state index contributed by atoms with van der Waals surface area (Å²) in [5.74, 6) is -1.50. The number of aliphatic hydroxyl groups excluding tert-OH is 1. The summed E-state index contributed by atoms with van der Waals surface area (Å²) in [6.07, 6.45) is 60.0. The zero-order valence-corrected chi connectivity index (χ0v) is 46.8. The number of phosphoric acid groups is 1. The quantitative estimate of drug-likeness (QED) is 0.0197. The van der Waals surface area contributed by atoms with Gasteiger partial charge in [0.15, 0.2) is 6.10 Å². The molecule has 0 rings (SSSR count). The Morgan fingerprint density at radius 1 is 0.403 bits per heavy atom. The molecule has 0 aliphatic heterocycles. The highest BCUT2D eigenvalue weighted by atomic mass is 31.2. The van der Waals surface area contributed by atoms with E-state index in [2.05, 4.69) is 93.7 Å². The number of hydrogen-bond donors (Lipinski definition) is 2. The third-order valence-electron chi connectivity index (χ3n) is 12.1. The summed E-state index contributed by atoms with van der Waals surface area (Å²) >= 11 is 0. The van der Waals surface area contributed by atoms with Crippen LogP contribution in [0.1, 0.15) is 252 Å². The molecule has 0 saturated carbocycles. The van der Waals surface area contributed by atoms with Gasteiger partial charge in [0.1, 0.15) is 12.7 Å². The first-order valence-corrected chi connectivity index (χ1v) is 30.3. The van der Waals surface area contributed by atoms with E-state index in [9.17, 15) is 28.9 Å². The lowest BCUT2D eigenvalue weighted by Gasteiger charge is -2.21. The van der Waals surface area contributed by atoms with Gasteiger partial charge in [-0.15, -0.1) is 0 Å². The molecule has 3 atom stereocenters. The molecule has 0 fully saturated rings. The largest absolute Gasteiger partial charge is 0.472 e. The molecule has 12 heteroatoms. The number of hydrogen-bond acceptors (Lipinski definition) is 10. The smallest absolute Gasteiger partial charge is 0.462 e. The van der Waals surface area contributed by atoms with Gasteiger partial charge in [-0.05, 0) is 89.9 Å². The monoisotopic (exact) mass is 1030 g/mol. The van der Waals surface area contributed by atoms with Crippen molar-refractivity contribution in [1.29, 1.82) is 0 Å². The molecule has 0 aromatic heterocycles. The molecule has 0 spiro atoms. The van der Waals surface area contributed by atoms with Gasteiger partial charge in [0.05, 0.1) is 19.8 Å². The van der Waals surface area contributed by atoms with Gasteiger partial charge in [0.2, 0.25) is 0 Å². The van der Waals surface area contributed by atoms with E-state index in [0.717, 1.165) is 109 Å². The number of aliphatic hydroxyl groups is 1. The van der Waals surface area contributed by atoms with E-state index in [0.29, 0.717) is 19.3 Å². The molecule has 11 nitrogen and oxygen atoms in total. The second-order valence-electron chi connectivity index (χ2n) is 19.1. The zero-order chi connectivity index (χ0) is 52.7. The zero-order valence-electron chi connectivity index (χ0n) is 45.9. The Hall–Kier alpha value is -3.08. The van der Waals surface area contributed by atoms with Crippen LogP contribution in [-0.2, 0) is 42.2 Å². The number of phosphoric ester groups is 1. The topological polar surface area (TPSA) is 155 Å². The Bertz CT molecular complexity index is 1490. The fraction of sp³-hybridized carbons (Fsp3) is 0.750. The van der Waals surface area contributed by atoms with Crippen LogP contribution in [0.5, 0.6) is 0 Å². The van der Waals surface area contributed by atoms with Crippen LogP contribution >= 0.6 is 7.82 Å². The highest BCUT2D eigenvalue weighted by Gasteiger charge is 2.28. The van der Waals surface area contributed by atoms with E-state index < -0.39 is 57.8 Å². The van der Waals surface area contributed by atoms with Crippen LogP contribution in [0.25, 0.3) is 0 Å². The number of rotatable bonds is 53. The summed E-state index contributed by atoms with van der Waals surface area (Å²) in [5, 5.41) is 9.81. The maximum absolute atomic E-state index is 12.9. The van der Waals surface area contributed by atoms with Crippen LogP contribution in [0.2, 0.25) is 0 Å². The Morgan fingerprint density at radius 2 is 0.722 bits per heavy atom. The minimum atomic E-state index is -4.75. The van der Waals surface area contributed by atoms with Crippen molar-refractivity contribution in [3.05, 3.63) is 72.9 Å². The summed E-state index contributed by atoms with van der Waals surface area (Å²) in [6, 6.07) is 0. The van der Waals surface area contributed by atoms with Gasteiger partial charge in [0, 0.05) is 19.3 Å². The average Bonchev–Trinajstić information content (AvgIpc) is 3.37. The van der Waals surface area contributed by atoms with Gasteiger partial charge in [-0.25, -0.2) is 4.57 Å². The highest BCUT2D eigenvalue weighted by molar-refractivity contribution is 7.47. The maximum Gasteiger partial charge on any atom is 0.472 e. The fourth-order valence-electron chi connectivity index (χ4n) is 7.73. The summed E-state index contributed by atoms with van der Waals surface area (Å²) < 4.78 is 39.5. The Morgan fingerprint density at radius 3 is 1.14 bits per heavy atom. The molecule has 0 aliphatic rings. The predicted octanol–water partition coefficient (Wildman–Crippen LogP) is 16.9. The minimum absolute atomic E-state index is 0.139. The van der Waals surface area contributed by atoms with Crippen molar-refractivity contribution in [2.75, 3.05) is 26.4 Å². The van der Waals surface area contributed by atoms with Gasteiger partial charge < -0.3 is 24.2 Å². The molecule has 72 heavy (non-hydrogen) atoms. The van der Waals surface area contributed by atoms with E-state index in [4.69, 9.17) is 23.3 Å². The van der Waals surface area contributed by atoms with Crippen molar-refractivity contribution in [1.82, 2.24) is 0 Å². The van der Waals surface area contributed by atoms with Crippen molar-refractivity contribution in [2.45, 2.75) is 264 Å². The molecule has 0 saturated heterocycles. The van der Waals surface area contributed by atoms with Crippen LogP contribution in [0.4, 0.5) is 0 Å². The van der Waals surface area contributed by atoms with Gasteiger partial charge in [-0.1, -0.05) is 216 Å². The summed E-state index contributed by atoms with van der Waals surface area (Å²) in [5.41, 5.74) is 0. The number of esters is 3. The minimum Gasteiger partial charge on any atom is -0.462 e. The number of ether oxygens (including phenoxy) is 3. The van der Waals surface area contributed by atoms with Crippen molar-refractivity contribution >= 4 is 25.7 Å². The molecular weight excluding hydrogens is 928 g/mol. The van der Waals surface area contributed by atoms with Crippen LogP contribution < -0.4 is 0 Å². The van der Waals surface area contributed by atoms with Crippen LogP contribution in [-0.4, -0.2) is 66.5 Å². The molecule has 0 bridgehead atoms. The SMILES string of the molecule is CC/C=C\C/C=C\C/C=C\C/C=C\CCCCCCC(=O)OC(COC(=O)CCCCCCCCCCCCC)COP(=O)(O)OCC(CO)OC(=O)CCCCCCCCC/C=C\C/C=C\CCCCC. The van der Waals surface area contributed by atoms with Crippen molar-refractivity contribution in [2.24, 2.45) is 0 Å². The van der Waals surface area contributed by atoms with E-state index in [1.165, 1.54) is 83.5 Å². The second-order valence-corrected chi connectivity index (χ2v) is 20.5. The fourth-order valence-corrected chi connectivity index (χ4v) is 8.51. The van der Waals surface area contributed by atoms with Gasteiger partial charge in [0.25, 0.3) is 0 Å². The molecular formula is C60H105O11P. The Labute approximate surface area is 439 Å². The number of carbonyl (C=O) groups excluding carboxylic acids is 3. The van der Waals surface area contributed by atoms with Crippen LogP contribution in [0, 0.1) is 0 Å². The third-order valence-corrected chi connectivity index (χ3v) is 13.1. The number of allylic oxidation sites excluding steroid dienone is 12. The average molecular weight is 1030 g/mol.